The first-order valence-corrected chi connectivity index (χ1v) is 9.85. The lowest BCUT2D eigenvalue weighted by Crippen LogP contribution is -2.68. The molecule has 3 rings (SSSR count). The third-order valence-electron chi connectivity index (χ3n) is 6.30. The highest BCUT2D eigenvalue weighted by molar-refractivity contribution is 5.80. The summed E-state index contributed by atoms with van der Waals surface area (Å²) < 4.78 is 5.89. The number of hydrogen-bond acceptors (Lipinski definition) is 3. The Balaban J connectivity index is 1.54. The summed E-state index contributed by atoms with van der Waals surface area (Å²) >= 11 is 0. The van der Waals surface area contributed by atoms with Crippen LogP contribution < -0.4 is 10.6 Å². The van der Waals surface area contributed by atoms with E-state index in [-0.39, 0.29) is 11.3 Å². The lowest BCUT2D eigenvalue weighted by atomic mass is 9.57. The number of guanidine groups is 1. The minimum Gasteiger partial charge on any atom is -0.377 e. The molecule has 0 bridgehead atoms. The van der Waals surface area contributed by atoms with E-state index < -0.39 is 0 Å². The van der Waals surface area contributed by atoms with Gasteiger partial charge < -0.3 is 20.3 Å². The van der Waals surface area contributed by atoms with Crippen molar-refractivity contribution in [2.75, 3.05) is 32.8 Å². The number of piperidine rings is 1. The fourth-order valence-corrected chi connectivity index (χ4v) is 4.74. The Kier molecular flexibility index (Phi) is 5.56. The van der Waals surface area contributed by atoms with Crippen LogP contribution in [0.1, 0.15) is 47.0 Å². The Labute approximate surface area is 151 Å². The van der Waals surface area contributed by atoms with Crippen LogP contribution in [0.5, 0.6) is 0 Å². The molecule has 0 aromatic rings. The van der Waals surface area contributed by atoms with Crippen molar-refractivity contribution in [3.63, 3.8) is 0 Å². The first-order valence-electron chi connectivity index (χ1n) is 9.85. The second-order valence-electron chi connectivity index (χ2n) is 8.36. The van der Waals surface area contributed by atoms with Gasteiger partial charge in [-0.05, 0) is 32.1 Å². The van der Waals surface area contributed by atoms with Gasteiger partial charge in [0.15, 0.2) is 5.96 Å². The predicted molar refractivity (Wildman–Crippen MR) is 99.5 cm³/mol. The van der Waals surface area contributed by atoms with Gasteiger partial charge in [0.05, 0.1) is 6.10 Å². The summed E-state index contributed by atoms with van der Waals surface area (Å²) in [6, 6.07) is 0.428. The van der Waals surface area contributed by atoms with E-state index in [0.717, 1.165) is 58.0 Å². The molecule has 0 spiro atoms. The lowest BCUT2D eigenvalue weighted by molar-refractivity contribution is -0.130. The van der Waals surface area contributed by atoms with Crippen molar-refractivity contribution in [3.05, 3.63) is 0 Å². The van der Waals surface area contributed by atoms with E-state index in [1.54, 1.807) is 6.92 Å². The standard InChI is InChI=1S/C19H34N4O2/c1-5-20-18(21-12-14-6-9-23(10-7-14)13(2)24)22-16-15-8-11-25-17(15)19(16,3)4/h14-17H,5-12H2,1-4H3,(H2,20,21,22). The molecule has 2 aliphatic heterocycles. The fraction of sp³-hybridized carbons (Fsp3) is 0.895. The minimum absolute atomic E-state index is 0.157. The Morgan fingerprint density at radius 1 is 1.28 bits per heavy atom. The number of rotatable bonds is 4. The van der Waals surface area contributed by atoms with Gasteiger partial charge in [0.2, 0.25) is 5.91 Å². The van der Waals surface area contributed by atoms with Gasteiger partial charge in [-0.3, -0.25) is 9.79 Å². The number of hydrogen-bond donors (Lipinski definition) is 2. The maximum Gasteiger partial charge on any atom is 0.219 e. The van der Waals surface area contributed by atoms with Crippen LogP contribution in [0.15, 0.2) is 4.99 Å². The Morgan fingerprint density at radius 3 is 2.64 bits per heavy atom. The Morgan fingerprint density at radius 2 is 2.00 bits per heavy atom. The normalized spacial score (nSPS) is 32.1. The average Bonchev–Trinajstić information content (AvgIpc) is 3.04. The highest BCUT2D eigenvalue weighted by Crippen LogP contribution is 2.52. The molecule has 3 atom stereocenters. The maximum absolute atomic E-state index is 11.4. The molecule has 2 heterocycles. The van der Waals surface area contributed by atoms with E-state index in [0.29, 0.717) is 24.0 Å². The van der Waals surface area contributed by atoms with Crippen LogP contribution in [0.25, 0.3) is 0 Å². The summed E-state index contributed by atoms with van der Waals surface area (Å²) in [5.41, 5.74) is 0.157. The molecule has 0 radical (unpaired) electrons. The fourth-order valence-electron chi connectivity index (χ4n) is 4.74. The molecule has 1 amide bonds. The van der Waals surface area contributed by atoms with Gasteiger partial charge >= 0.3 is 0 Å². The number of nitrogens with zero attached hydrogens (tertiary/aromatic N) is 2. The molecule has 6 nitrogen and oxygen atoms in total. The van der Waals surface area contributed by atoms with Crippen LogP contribution in [0.3, 0.4) is 0 Å². The summed E-state index contributed by atoms with van der Waals surface area (Å²) in [5.74, 6) is 2.30. The molecule has 3 fully saturated rings. The van der Waals surface area contributed by atoms with Gasteiger partial charge in [-0.2, -0.15) is 0 Å². The summed E-state index contributed by atoms with van der Waals surface area (Å²) in [7, 11) is 0. The molecule has 1 aliphatic carbocycles. The Hall–Kier alpha value is -1.30. The van der Waals surface area contributed by atoms with Gasteiger partial charge in [-0.25, -0.2) is 0 Å². The van der Waals surface area contributed by atoms with Crippen molar-refractivity contribution < 1.29 is 9.53 Å². The van der Waals surface area contributed by atoms with Crippen LogP contribution in [-0.2, 0) is 9.53 Å². The van der Waals surface area contributed by atoms with Crippen molar-refractivity contribution in [2.45, 2.75) is 59.1 Å². The van der Waals surface area contributed by atoms with Crippen molar-refractivity contribution in [2.24, 2.45) is 22.2 Å². The molecular formula is C19H34N4O2. The number of fused-ring (bicyclic) bond motifs is 1. The van der Waals surface area contributed by atoms with Crippen LogP contribution in [0, 0.1) is 17.3 Å². The molecule has 3 unspecified atom stereocenters. The number of nitrogens with one attached hydrogen (secondary N) is 2. The summed E-state index contributed by atoms with van der Waals surface area (Å²) in [5, 5.41) is 7.08. The zero-order valence-electron chi connectivity index (χ0n) is 16.2. The highest BCUT2D eigenvalue weighted by Gasteiger charge is 2.59. The molecule has 0 aromatic heterocycles. The number of ether oxygens (including phenoxy) is 1. The highest BCUT2D eigenvalue weighted by atomic mass is 16.5. The van der Waals surface area contributed by atoms with E-state index in [2.05, 4.69) is 31.4 Å². The molecule has 0 aromatic carbocycles. The SMILES string of the molecule is CCNC(=NCC1CCN(C(C)=O)CC1)NC1C2CCOC2C1(C)C. The average molecular weight is 351 g/mol. The van der Waals surface area contributed by atoms with Crippen molar-refractivity contribution in [1.82, 2.24) is 15.5 Å². The third kappa shape index (κ3) is 3.78. The molecule has 142 valence electrons. The number of aliphatic imine (C=N–C) groups is 1. The molecule has 6 heteroatoms. The van der Waals surface area contributed by atoms with Gasteiger partial charge in [-0.15, -0.1) is 0 Å². The van der Waals surface area contributed by atoms with Crippen LogP contribution in [-0.4, -0.2) is 61.7 Å². The molecule has 3 aliphatic rings. The smallest absolute Gasteiger partial charge is 0.219 e. The van der Waals surface area contributed by atoms with Crippen molar-refractivity contribution in [3.8, 4) is 0 Å². The third-order valence-corrected chi connectivity index (χ3v) is 6.30. The molecular weight excluding hydrogens is 316 g/mol. The quantitative estimate of drug-likeness (QED) is 0.597. The minimum atomic E-state index is 0.157. The first-order chi connectivity index (χ1) is 11.9. The molecule has 25 heavy (non-hydrogen) atoms. The van der Waals surface area contributed by atoms with Gasteiger partial charge in [0.25, 0.3) is 0 Å². The maximum atomic E-state index is 11.4. The van der Waals surface area contributed by atoms with Crippen LogP contribution >= 0.6 is 0 Å². The van der Waals surface area contributed by atoms with E-state index >= 15 is 0 Å². The second kappa shape index (κ2) is 7.52. The second-order valence-corrected chi connectivity index (χ2v) is 8.36. The Bertz CT molecular complexity index is 512. The number of amides is 1. The molecule has 2 saturated heterocycles. The predicted octanol–water partition coefficient (Wildman–Crippen LogP) is 1.61. The molecule has 2 N–H and O–H groups in total. The van der Waals surface area contributed by atoms with E-state index in [1.165, 1.54) is 0 Å². The zero-order chi connectivity index (χ0) is 18.0. The van der Waals surface area contributed by atoms with Crippen molar-refractivity contribution >= 4 is 11.9 Å². The first kappa shape index (κ1) is 18.5. The topological polar surface area (TPSA) is 66.0 Å². The van der Waals surface area contributed by atoms with Gasteiger partial charge in [-0.1, -0.05) is 13.8 Å². The van der Waals surface area contributed by atoms with Crippen LogP contribution in [0.2, 0.25) is 0 Å². The monoisotopic (exact) mass is 350 g/mol. The lowest BCUT2D eigenvalue weighted by Gasteiger charge is -2.55. The number of carbonyl (C=O) groups excluding carboxylic acids is 1. The van der Waals surface area contributed by atoms with Crippen LogP contribution in [0.4, 0.5) is 0 Å². The van der Waals surface area contributed by atoms with E-state index in [9.17, 15) is 4.79 Å². The summed E-state index contributed by atoms with van der Waals surface area (Å²) in [6.07, 6.45) is 3.64. The van der Waals surface area contributed by atoms with E-state index in [1.807, 2.05) is 4.90 Å². The van der Waals surface area contributed by atoms with Gasteiger partial charge in [0, 0.05) is 57.1 Å². The molecule has 1 saturated carbocycles. The van der Waals surface area contributed by atoms with E-state index in [4.69, 9.17) is 9.73 Å². The number of likely N-dealkylation sites (tertiary alicyclic amines) is 1. The van der Waals surface area contributed by atoms with Crippen molar-refractivity contribution in [1.29, 1.82) is 0 Å². The summed E-state index contributed by atoms with van der Waals surface area (Å²) in [6.45, 7) is 12.7. The largest absolute Gasteiger partial charge is 0.377 e. The van der Waals surface area contributed by atoms with Gasteiger partial charge in [0.1, 0.15) is 0 Å². The number of carbonyl (C=O) groups is 1. The summed E-state index contributed by atoms with van der Waals surface area (Å²) in [4.78, 5) is 18.2. The zero-order valence-corrected chi connectivity index (χ0v) is 16.2.